The Morgan fingerprint density at radius 1 is 0.576 bits per heavy atom. The van der Waals surface area contributed by atoms with Gasteiger partial charge in [0.2, 0.25) is 0 Å². The van der Waals surface area contributed by atoms with Crippen molar-refractivity contribution < 1.29 is 13.9 Å². The Kier molecular flexibility index (Phi) is 24.2. The van der Waals surface area contributed by atoms with Gasteiger partial charge in [0.05, 0.1) is 0 Å². The van der Waals surface area contributed by atoms with Crippen LogP contribution in [-0.4, -0.2) is 24.7 Å². The average molecular weight is 492 g/mol. The summed E-state index contributed by atoms with van der Waals surface area (Å²) in [4.78, 5) is 11.0. The van der Waals surface area contributed by atoms with Crippen molar-refractivity contribution in [2.24, 2.45) is 11.8 Å². The Balaban J connectivity index is 4.03. The minimum atomic E-state index is -3.26. The minimum absolute atomic E-state index is 0.596. The van der Waals surface area contributed by atoms with E-state index in [1.54, 1.807) is 0 Å². The Morgan fingerprint density at radius 3 is 1.39 bits per heavy atom. The van der Waals surface area contributed by atoms with Gasteiger partial charge in [0.15, 0.2) is 0 Å². The molecule has 0 aliphatic heterocycles. The van der Waals surface area contributed by atoms with E-state index in [1.807, 2.05) is 0 Å². The Labute approximate surface area is 209 Å². The molecule has 4 nitrogen and oxygen atoms in total. The Hall–Kier alpha value is 0.270. The third kappa shape index (κ3) is 25.2. The summed E-state index contributed by atoms with van der Waals surface area (Å²) in [5.41, 5.74) is 0. The summed E-state index contributed by atoms with van der Waals surface area (Å²) >= 11 is 0. The molecular formula is C28H62NO3P. The van der Waals surface area contributed by atoms with Crippen molar-refractivity contribution in [3.05, 3.63) is 0 Å². The van der Waals surface area contributed by atoms with E-state index < -0.39 is 8.09 Å². The van der Waals surface area contributed by atoms with Gasteiger partial charge >= 0.3 is 202 Å². The Morgan fingerprint density at radius 2 is 0.970 bits per heavy atom. The van der Waals surface area contributed by atoms with Crippen molar-refractivity contribution >= 4 is 8.09 Å². The zero-order chi connectivity index (χ0) is 24.6. The van der Waals surface area contributed by atoms with Crippen molar-refractivity contribution in [1.29, 1.82) is 0 Å². The van der Waals surface area contributed by atoms with Crippen LogP contribution in [0.4, 0.5) is 0 Å². The molecule has 0 rings (SSSR count). The molecule has 2 N–H and O–H groups in total. The molecule has 33 heavy (non-hydrogen) atoms. The van der Waals surface area contributed by atoms with Crippen molar-refractivity contribution in [2.75, 3.05) is 19.8 Å². The second kappa shape index (κ2) is 24.0. The first-order valence-corrected chi connectivity index (χ1v) is 16.4. The van der Waals surface area contributed by atoms with Crippen LogP contribution in [0.1, 0.15) is 150 Å². The van der Waals surface area contributed by atoms with Gasteiger partial charge < -0.3 is 0 Å². The standard InChI is InChI=1S/C28H62NO3P/c1-6-7-8-9-10-11-12-13-14-19-24-29-33(30,31-25-20-15-17-22-27(2)3)32-26-21-16-18-23-28(4)5/h27-30,33H,6-26H2,1-5H3. The number of nitrogens with one attached hydrogen (secondary N) is 1. The summed E-state index contributed by atoms with van der Waals surface area (Å²) in [6.07, 6.45) is 22.6. The first-order valence-electron chi connectivity index (χ1n) is 14.6. The van der Waals surface area contributed by atoms with Crippen LogP contribution in [0.2, 0.25) is 0 Å². The number of unbranched alkanes of at least 4 members (excludes halogenated alkanes) is 13. The summed E-state index contributed by atoms with van der Waals surface area (Å²) in [6.45, 7) is 13.3. The SMILES string of the molecule is CCCCCCCCCCCCN[PH](O)(OCCCCCC(C)C)OCCCCCC(C)C. The number of rotatable bonds is 26. The third-order valence-corrected chi connectivity index (χ3v) is 8.21. The molecule has 0 aromatic rings. The van der Waals surface area contributed by atoms with Crippen LogP contribution in [0.3, 0.4) is 0 Å². The third-order valence-electron chi connectivity index (χ3n) is 6.33. The number of hydrogen-bond acceptors (Lipinski definition) is 4. The van der Waals surface area contributed by atoms with Gasteiger partial charge in [-0.2, -0.15) is 0 Å². The zero-order valence-corrected chi connectivity index (χ0v) is 24.3. The summed E-state index contributed by atoms with van der Waals surface area (Å²) in [6, 6.07) is 0. The fourth-order valence-electron chi connectivity index (χ4n) is 4.09. The molecule has 0 amide bonds. The first-order chi connectivity index (χ1) is 15.9. The maximum atomic E-state index is 11.0. The topological polar surface area (TPSA) is 50.7 Å². The quantitative estimate of drug-likeness (QED) is 0.0934. The fourth-order valence-corrected chi connectivity index (χ4v) is 5.71. The van der Waals surface area contributed by atoms with E-state index in [2.05, 4.69) is 39.7 Å². The van der Waals surface area contributed by atoms with Crippen LogP contribution >= 0.6 is 8.09 Å². The van der Waals surface area contributed by atoms with Crippen molar-refractivity contribution in [1.82, 2.24) is 5.09 Å². The van der Waals surface area contributed by atoms with Crippen LogP contribution in [0.25, 0.3) is 0 Å². The first kappa shape index (κ1) is 33.3. The van der Waals surface area contributed by atoms with Gasteiger partial charge in [-0.3, -0.25) is 0 Å². The molecule has 0 radical (unpaired) electrons. The van der Waals surface area contributed by atoms with E-state index >= 15 is 0 Å². The molecule has 0 spiro atoms. The van der Waals surface area contributed by atoms with Gasteiger partial charge in [-0.25, -0.2) is 0 Å². The molecule has 0 aromatic heterocycles. The van der Waals surface area contributed by atoms with E-state index in [4.69, 9.17) is 9.05 Å². The van der Waals surface area contributed by atoms with E-state index in [9.17, 15) is 4.89 Å². The van der Waals surface area contributed by atoms with Gasteiger partial charge in [-0.05, 0) is 0 Å². The second-order valence-electron chi connectivity index (χ2n) is 10.9. The predicted molar refractivity (Wildman–Crippen MR) is 149 cm³/mol. The van der Waals surface area contributed by atoms with E-state index in [1.165, 1.54) is 83.5 Å². The molecule has 0 fully saturated rings. The molecule has 202 valence electrons. The summed E-state index contributed by atoms with van der Waals surface area (Å²) in [7, 11) is -3.26. The Bertz CT molecular complexity index is 373. The molecule has 0 saturated carbocycles. The second-order valence-corrected chi connectivity index (χ2v) is 13.0. The van der Waals surface area contributed by atoms with Gasteiger partial charge in [-0.15, -0.1) is 0 Å². The van der Waals surface area contributed by atoms with Gasteiger partial charge in [-0.1, -0.05) is 6.92 Å². The van der Waals surface area contributed by atoms with Crippen molar-refractivity contribution in [3.63, 3.8) is 0 Å². The van der Waals surface area contributed by atoms with Crippen LogP contribution in [0, 0.1) is 11.8 Å². The summed E-state index contributed by atoms with van der Waals surface area (Å²) < 4.78 is 11.9. The summed E-state index contributed by atoms with van der Waals surface area (Å²) in [5.74, 6) is 1.53. The van der Waals surface area contributed by atoms with Crippen molar-refractivity contribution in [2.45, 2.75) is 150 Å². The van der Waals surface area contributed by atoms with Crippen molar-refractivity contribution in [3.8, 4) is 0 Å². The van der Waals surface area contributed by atoms with Crippen LogP contribution < -0.4 is 5.09 Å². The van der Waals surface area contributed by atoms with Gasteiger partial charge in [0.1, 0.15) is 0 Å². The van der Waals surface area contributed by atoms with Crippen LogP contribution in [-0.2, 0) is 9.05 Å². The monoisotopic (exact) mass is 491 g/mol. The normalized spacial score (nSPS) is 12.8. The van der Waals surface area contributed by atoms with Gasteiger partial charge in [0.25, 0.3) is 0 Å². The molecule has 0 aliphatic carbocycles. The maximum absolute atomic E-state index is 11.0. The van der Waals surface area contributed by atoms with E-state index in [0.717, 1.165) is 50.5 Å². The molecule has 0 bridgehead atoms. The van der Waals surface area contributed by atoms with E-state index in [0.29, 0.717) is 13.2 Å². The molecule has 0 heterocycles. The zero-order valence-electron chi connectivity index (χ0n) is 23.3. The fraction of sp³-hybridized carbons (Fsp3) is 1.00. The van der Waals surface area contributed by atoms with E-state index in [-0.39, 0.29) is 0 Å². The van der Waals surface area contributed by atoms with Crippen LogP contribution in [0.15, 0.2) is 0 Å². The predicted octanol–water partition coefficient (Wildman–Crippen LogP) is 9.37. The molecule has 0 unspecified atom stereocenters. The average Bonchev–Trinajstić information content (AvgIpc) is 2.76. The molecule has 0 aromatic carbocycles. The molecule has 0 atom stereocenters. The number of hydrogen-bond donors (Lipinski definition) is 2. The van der Waals surface area contributed by atoms with Crippen LogP contribution in [0.5, 0.6) is 0 Å². The summed E-state index contributed by atoms with van der Waals surface area (Å²) in [5, 5.41) is 3.29. The van der Waals surface area contributed by atoms with Gasteiger partial charge in [0, 0.05) is 0 Å². The molecular weight excluding hydrogens is 429 g/mol. The molecule has 0 saturated heterocycles. The molecule has 5 heteroatoms. The molecule has 0 aliphatic rings.